The second kappa shape index (κ2) is 7.72. The monoisotopic (exact) mass is 219 g/mol. The maximum atomic E-state index is 10.2. The van der Waals surface area contributed by atoms with Gasteiger partial charge < -0.3 is 10.2 Å². The number of carbonyl (C=O) groups is 1. The third-order valence-electron chi connectivity index (χ3n) is 0.764. The van der Waals surface area contributed by atoms with Gasteiger partial charge in [-0.05, 0) is 12.1 Å². The first-order chi connectivity index (χ1) is 3.80. The Morgan fingerprint density at radius 2 is 1.91 bits per heavy atom. The third-order valence-corrected chi connectivity index (χ3v) is 0.764. The van der Waals surface area contributed by atoms with E-state index in [-0.39, 0.29) is 43.0 Å². The van der Waals surface area contributed by atoms with Gasteiger partial charge in [0.05, 0.1) is 6.26 Å². The van der Waals surface area contributed by atoms with E-state index in [9.17, 15) is 4.79 Å². The van der Waals surface area contributed by atoms with Crippen LogP contribution in [-0.2, 0) is 0 Å². The summed E-state index contributed by atoms with van der Waals surface area (Å²) in [4.78, 5) is 10.2. The van der Waals surface area contributed by atoms with Crippen molar-refractivity contribution in [2.45, 2.75) is 0 Å². The van der Waals surface area contributed by atoms with Crippen molar-refractivity contribution in [1.82, 2.24) is 0 Å². The van der Waals surface area contributed by atoms with Crippen LogP contribution in [0.1, 0.15) is 10.6 Å². The molecular weight excluding hydrogens is 212 g/mol. The zero-order chi connectivity index (χ0) is 5.98. The van der Waals surface area contributed by atoms with Crippen LogP contribution in [0.15, 0.2) is 22.8 Å². The summed E-state index contributed by atoms with van der Waals surface area (Å²) in [5, 5.41) is 0. The highest BCUT2D eigenvalue weighted by Gasteiger charge is 1.98. The fourth-order valence-electron chi connectivity index (χ4n) is 0.419. The Bertz CT molecular complexity index is 188. The molecule has 0 bridgehead atoms. The zero-order valence-corrected chi connectivity index (χ0v) is 7.80. The quantitative estimate of drug-likeness (QED) is 0.782. The number of hydrogen-bond acceptors (Lipinski definition) is 2. The summed E-state index contributed by atoms with van der Waals surface area (Å²) >= 11 is 0. The molecule has 1 amide bonds. The molecule has 0 aromatic carbocycles. The fourth-order valence-corrected chi connectivity index (χ4v) is 0.419. The molecule has 1 heterocycles. The van der Waals surface area contributed by atoms with E-state index in [2.05, 4.69) is 4.42 Å². The Morgan fingerprint density at radius 3 is 2.09 bits per heavy atom. The Morgan fingerprint density at radius 1 is 1.36 bits per heavy atom. The molecule has 1 rings (SSSR count). The molecule has 0 fully saturated rings. The van der Waals surface area contributed by atoms with Crippen molar-refractivity contribution < 1.29 is 9.21 Å². The van der Waals surface area contributed by atoms with Crippen LogP contribution >= 0.6 is 37.2 Å². The van der Waals surface area contributed by atoms with Gasteiger partial charge >= 0.3 is 0 Å². The Hall–Kier alpha value is -0.380. The summed E-state index contributed by atoms with van der Waals surface area (Å²) < 4.78 is 4.62. The Balaban J connectivity index is -0.000000213. The van der Waals surface area contributed by atoms with E-state index in [1.54, 1.807) is 6.07 Å². The van der Waals surface area contributed by atoms with Crippen LogP contribution in [-0.4, -0.2) is 5.91 Å². The summed E-state index contributed by atoms with van der Waals surface area (Å²) in [6.45, 7) is 0. The number of nitrogens with two attached hydrogens (primary N) is 1. The van der Waals surface area contributed by atoms with Gasteiger partial charge in [0.2, 0.25) is 0 Å². The molecule has 0 saturated heterocycles. The molecule has 6 heteroatoms. The van der Waals surface area contributed by atoms with Crippen LogP contribution in [0.3, 0.4) is 0 Å². The van der Waals surface area contributed by atoms with Crippen LogP contribution in [0.25, 0.3) is 0 Å². The summed E-state index contributed by atoms with van der Waals surface area (Å²) in [6, 6.07) is 3.13. The summed E-state index contributed by atoms with van der Waals surface area (Å²) in [5.41, 5.74) is 4.83. The SMILES string of the molecule is Cl.Cl.Cl.NC(=O)c1ccco1. The summed E-state index contributed by atoms with van der Waals surface area (Å²) in [5.74, 6) is -0.333. The first-order valence-electron chi connectivity index (χ1n) is 2.14. The molecule has 2 N–H and O–H groups in total. The Labute approximate surface area is 82.6 Å². The predicted octanol–water partition coefficient (Wildman–Crippen LogP) is 1.64. The van der Waals surface area contributed by atoms with Crippen molar-refractivity contribution in [3.8, 4) is 0 Å². The molecule has 0 atom stereocenters. The van der Waals surface area contributed by atoms with Crippen molar-refractivity contribution >= 4 is 43.1 Å². The number of carbonyl (C=O) groups excluding carboxylic acids is 1. The van der Waals surface area contributed by atoms with Gasteiger partial charge in [-0.2, -0.15) is 0 Å². The minimum atomic E-state index is -0.532. The number of primary amides is 1. The van der Waals surface area contributed by atoms with Crippen LogP contribution in [0.4, 0.5) is 0 Å². The molecule has 66 valence electrons. The molecule has 0 aliphatic heterocycles. The van der Waals surface area contributed by atoms with Gasteiger partial charge in [0.15, 0.2) is 5.76 Å². The van der Waals surface area contributed by atoms with Crippen LogP contribution in [0.2, 0.25) is 0 Å². The van der Waals surface area contributed by atoms with Crippen molar-refractivity contribution in [3.05, 3.63) is 24.2 Å². The number of rotatable bonds is 1. The van der Waals surface area contributed by atoms with Gasteiger partial charge in [-0.3, -0.25) is 4.79 Å². The normalized spacial score (nSPS) is 6.55. The van der Waals surface area contributed by atoms with Crippen molar-refractivity contribution in [1.29, 1.82) is 0 Å². The van der Waals surface area contributed by atoms with E-state index < -0.39 is 5.91 Å². The molecule has 0 spiro atoms. The molecule has 1 aromatic rings. The molecule has 3 nitrogen and oxygen atoms in total. The molecule has 0 radical (unpaired) electrons. The van der Waals surface area contributed by atoms with Crippen LogP contribution in [0, 0.1) is 0 Å². The average Bonchev–Trinajstić information content (AvgIpc) is 2.12. The molecule has 0 unspecified atom stereocenters. The van der Waals surface area contributed by atoms with Gasteiger partial charge in [0, 0.05) is 0 Å². The molecule has 11 heavy (non-hydrogen) atoms. The summed E-state index contributed by atoms with van der Waals surface area (Å²) in [7, 11) is 0. The Kier molecular flexibility index (Phi) is 11.9. The number of halogens is 3. The lowest BCUT2D eigenvalue weighted by Gasteiger charge is -1.80. The van der Waals surface area contributed by atoms with Crippen LogP contribution in [0.5, 0.6) is 0 Å². The van der Waals surface area contributed by atoms with E-state index in [1.165, 1.54) is 12.3 Å². The summed E-state index contributed by atoms with van der Waals surface area (Å²) in [6.07, 6.45) is 1.40. The van der Waals surface area contributed by atoms with Gasteiger partial charge in [-0.15, -0.1) is 37.2 Å². The van der Waals surface area contributed by atoms with E-state index >= 15 is 0 Å². The molecule has 1 aromatic heterocycles. The minimum absolute atomic E-state index is 0. The first kappa shape index (κ1) is 16.9. The average molecular weight is 220 g/mol. The molecule has 0 aliphatic carbocycles. The van der Waals surface area contributed by atoms with Crippen molar-refractivity contribution in [3.63, 3.8) is 0 Å². The smallest absolute Gasteiger partial charge is 0.284 e. The number of amides is 1. The maximum Gasteiger partial charge on any atom is 0.284 e. The lowest BCUT2D eigenvalue weighted by atomic mass is 10.4. The highest BCUT2D eigenvalue weighted by atomic mass is 35.5. The molecular formula is C5H8Cl3NO2. The first-order valence-corrected chi connectivity index (χ1v) is 2.14. The van der Waals surface area contributed by atoms with Crippen LogP contribution < -0.4 is 5.73 Å². The second-order valence-electron chi connectivity index (χ2n) is 1.34. The second-order valence-corrected chi connectivity index (χ2v) is 1.34. The van der Waals surface area contributed by atoms with Gasteiger partial charge in [0.25, 0.3) is 5.91 Å². The van der Waals surface area contributed by atoms with E-state index in [4.69, 9.17) is 5.73 Å². The molecule has 0 aliphatic rings. The van der Waals surface area contributed by atoms with Crippen molar-refractivity contribution in [2.75, 3.05) is 0 Å². The minimum Gasteiger partial charge on any atom is -0.459 e. The lowest BCUT2D eigenvalue weighted by molar-refractivity contribution is 0.0974. The van der Waals surface area contributed by atoms with E-state index in [1.807, 2.05) is 0 Å². The third kappa shape index (κ3) is 4.95. The van der Waals surface area contributed by atoms with Gasteiger partial charge in [0.1, 0.15) is 0 Å². The maximum absolute atomic E-state index is 10.2. The highest BCUT2D eigenvalue weighted by Crippen LogP contribution is 1.96. The standard InChI is InChI=1S/C5H5NO2.3ClH/c6-5(7)4-2-1-3-8-4;;;/h1-3H,(H2,6,7);3*1H. The number of furan rings is 1. The van der Waals surface area contributed by atoms with E-state index in [0.29, 0.717) is 0 Å². The van der Waals surface area contributed by atoms with Crippen molar-refractivity contribution in [2.24, 2.45) is 5.73 Å². The van der Waals surface area contributed by atoms with Gasteiger partial charge in [-0.1, -0.05) is 0 Å². The fraction of sp³-hybridized carbons (Fsp3) is 0. The van der Waals surface area contributed by atoms with E-state index in [0.717, 1.165) is 0 Å². The largest absolute Gasteiger partial charge is 0.459 e. The number of hydrogen-bond donors (Lipinski definition) is 1. The molecule has 0 saturated carbocycles. The van der Waals surface area contributed by atoms with Gasteiger partial charge in [-0.25, -0.2) is 0 Å². The highest BCUT2D eigenvalue weighted by molar-refractivity contribution is 5.89. The lowest BCUT2D eigenvalue weighted by Crippen LogP contribution is -2.08. The topological polar surface area (TPSA) is 56.2 Å². The predicted molar refractivity (Wildman–Crippen MR) is 49.0 cm³/mol. The zero-order valence-electron chi connectivity index (χ0n) is 5.35.